The van der Waals surface area contributed by atoms with Gasteiger partial charge in [-0.15, -0.1) is 0 Å². The quantitative estimate of drug-likeness (QED) is 0.793. The predicted octanol–water partition coefficient (Wildman–Crippen LogP) is 2.79. The zero-order valence-electron chi connectivity index (χ0n) is 12.8. The zero-order valence-corrected chi connectivity index (χ0v) is 12.8. The van der Waals surface area contributed by atoms with E-state index in [0.717, 1.165) is 44.7 Å². The van der Waals surface area contributed by atoms with Crippen molar-refractivity contribution in [2.24, 2.45) is 23.0 Å². The number of rotatable bonds is 1. The molecule has 0 unspecified atom stereocenters. The van der Waals surface area contributed by atoms with Gasteiger partial charge >= 0.3 is 0 Å². The first-order chi connectivity index (χ1) is 8.88. The van der Waals surface area contributed by atoms with E-state index in [0.29, 0.717) is 17.4 Å². The Kier molecular flexibility index (Phi) is 4.54. The SMILES string of the molecule is CC(C)(C)C1CCN(C(=O)C2CCC(N)CC2)CC1. The van der Waals surface area contributed by atoms with Crippen LogP contribution in [-0.4, -0.2) is 29.9 Å². The summed E-state index contributed by atoms with van der Waals surface area (Å²) in [6.07, 6.45) is 6.38. The van der Waals surface area contributed by atoms with Crippen LogP contribution in [0.3, 0.4) is 0 Å². The Balaban J connectivity index is 1.82. The van der Waals surface area contributed by atoms with E-state index in [2.05, 4.69) is 25.7 Å². The van der Waals surface area contributed by atoms with Crippen LogP contribution in [0.4, 0.5) is 0 Å². The van der Waals surface area contributed by atoms with Crippen LogP contribution < -0.4 is 5.73 Å². The van der Waals surface area contributed by atoms with E-state index in [9.17, 15) is 4.79 Å². The van der Waals surface area contributed by atoms with Crippen LogP contribution >= 0.6 is 0 Å². The molecule has 0 radical (unpaired) electrons. The standard InChI is InChI=1S/C16H30N2O/c1-16(2,3)13-8-10-18(11-9-13)15(19)12-4-6-14(17)7-5-12/h12-14H,4-11,17H2,1-3H3. The third-order valence-corrected chi connectivity index (χ3v) is 5.15. The number of piperidine rings is 1. The average molecular weight is 266 g/mol. The molecule has 1 heterocycles. The van der Waals surface area contributed by atoms with Gasteiger partial charge in [0.2, 0.25) is 5.91 Å². The summed E-state index contributed by atoms with van der Waals surface area (Å²) in [7, 11) is 0. The molecule has 1 saturated carbocycles. The second-order valence-corrected chi connectivity index (χ2v) is 7.58. The van der Waals surface area contributed by atoms with E-state index in [4.69, 9.17) is 5.73 Å². The number of carbonyl (C=O) groups is 1. The largest absolute Gasteiger partial charge is 0.342 e. The van der Waals surface area contributed by atoms with Crippen molar-refractivity contribution in [1.29, 1.82) is 0 Å². The average Bonchev–Trinajstić information content (AvgIpc) is 2.38. The number of amides is 1. The number of nitrogens with two attached hydrogens (primary N) is 1. The Labute approximate surface area is 117 Å². The summed E-state index contributed by atoms with van der Waals surface area (Å²) in [5, 5.41) is 0. The van der Waals surface area contributed by atoms with Gasteiger partial charge in [-0.05, 0) is 49.9 Å². The number of hydrogen-bond donors (Lipinski definition) is 1. The summed E-state index contributed by atoms with van der Waals surface area (Å²) >= 11 is 0. The lowest BCUT2D eigenvalue weighted by atomic mass is 9.75. The lowest BCUT2D eigenvalue weighted by Gasteiger charge is -2.40. The molecule has 2 N–H and O–H groups in total. The lowest BCUT2D eigenvalue weighted by molar-refractivity contribution is -0.138. The number of carbonyl (C=O) groups excluding carboxylic acids is 1. The molecule has 0 aromatic rings. The zero-order chi connectivity index (χ0) is 14.0. The smallest absolute Gasteiger partial charge is 0.225 e. The first kappa shape index (κ1) is 14.8. The van der Waals surface area contributed by atoms with E-state index in [-0.39, 0.29) is 5.92 Å². The van der Waals surface area contributed by atoms with Gasteiger partial charge in [0.05, 0.1) is 0 Å². The van der Waals surface area contributed by atoms with Crippen molar-refractivity contribution in [1.82, 2.24) is 4.90 Å². The minimum atomic E-state index is 0.256. The maximum absolute atomic E-state index is 12.5. The molecule has 2 rings (SSSR count). The van der Waals surface area contributed by atoms with Gasteiger partial charge in [0.25, 0.3) is 0 Å². The van der Waals surface area contributed by atoms with Gasteiger partial charge in [-0.2, -0.15) is 0 Å². The van der Waals surface area contributed by atoms with Gasteiger partial charge in [-0.3, -0.25) is 4.79 Å². The molecule has 0 atom stereocenters. The van der Waals surface area contributed by atoms with Crippen LogP contribution in [0.5, 0.6) is 0 Å². The molecule has 1 aliphatic heterocycles. The minimum Gasteiger partial charge on any atom is -0.342 e. The van der Waals surface area contributed by atoms with Crippen molar-refractivity contribution < 1.29 is 4.79 Å². The Bertz CT molecular complexity index is 305. The van der Waals surface area contributed by atoms with Crippen molar-refractivity contribution >= 4 is 5.91 Å². The molecule has 3 heteroatoms. The second-order valence-electron chi connectivity index (χ2n) is 7.58. The molecule has 19 heavy (non-hydrogen) atoms. The van der Waals surface area contributed by atoms with Gasteiger partial charge in [0.1, 0.15) is 0 Å². The van der Waals surface area contributed by atoms with Crippen LogP contribution in [0.25, 0.3) is 0 Å². The fourth-order valence-corrected chi connectivity index (χ4v) is 3.59. The molecule has 0 aromatic heterocycles. The van der Waals surface area contributed by atoms with E-state index >= 15 is 0 Å². The maximum Gasteiger partial charge on any atom is 0.225 e. The second kappa shape index (κ2) is 5.82. The van der Waals surface area contributed by atoms with Crippen LogP contribution in [0.15, 0.2) is 0 Å². The van der Waals surface area contributed by atoms with E-state index in [1.165, 1.54) is 12.8 Å². The molecule has 1 amide bonds. The Hall–Kier alpha value is -0.570. The van der Waals surface area contributed by atoms with E-state index in [1.54, 1.807) is 0 Å². The van der Waals surface area contributed by atoms with Crippen LogP contribution in [0.1, 0.15) is 59.3 Å². The van der Waals surface area contributed by atoms with Gasteiger partial charge < -0.3 is 10.6 Å². The summed E-state index contributed by atoms with van der Waals surface area (Å²) in [5.41, 5.74) is 6.30. The molecule has 0 spiro atoms. The van der Waals surface area contributed by atoms with Crippen molar-refractivity contribution in [3.63, 3.8) is 0 Å². The van der Waals surface area contributed by atoms with E-state index in [1.807, 2.05) is 0 Å². The molecule has 110 valence electrons. The molecule has 1 aliphatic carbocycles. The van der Waals surface area contributed by atoms with Crippen LogP contribution in [0, 0.1) is 17.3 Å². The van der Waals surface area contributed by atoms with Crippen molar-refractivity contribution in [2.75, 3.05) is 13.1 Å². The molecule has 0 aromatic carbocycles. The Morgan fingerprint density at radius 1 is 1.00 bits per heavy atom. The number of nitrogens with zero attached hydrogens (tertiary/aromatic N) is 1. The summed E-state index contributed by atoms with van der Waals surface area (Å²) in [5.74, 6) is 1.42. The molecule has 2 fully saturated rings. The monoisotopic (exact) mass is 266 g/mol. The highest BCUT2D eigenvalue weighted by Crippen LogP contribution is 2.35. The van der Waals surface area contributed by atoms with Gasteiger partial charge in [0, 0.05) is 25.0 Å². The highest BCUT2D eigenvalue weighted by atomic mass is 16.2. The topological polar surface area (TPSA) is 46.3 Å². The van der Waals surface area contributed by atoms with Crippen LogP contribution in [0.2, 0.25) is 0 Å². The van der Waals surface area contributed by atoms with Gasteiger partial charge in [0.15, 0.2) is 0 Å². The first-order valence-corrected chi connectivity index (χ1v) is 7.92. The minimum absolute atomic E-state index is 0.256. The van der Waals surface area contributed by atoms with Crippen molar-refractivity contribution in [2.45, 2.75) is 65.3 Å². The van der Waals surface area contributed by atoms with E-state index < -0.39 is 0 Å². The fraction of sp³-hybridized carbons (Fsp3) is 0.938. The third kappa shape index (κ3) is 3.71. The normalized spacial score (nSPS) is 30.4. The Morgan fingerprint density at radius 2 is 1.53 bits per heavy atom. The van der Waals surface area contributed by atoms with Gasteiger partial charge in [-0.1, -0.05) is 20.8 Å². The molecular weight excluding hydrogens is 236 g/mol. The lowest BCUT2D eigenvalue weighted by Crippen LogP contribution is -2.45. The first-order valence-electron chi connectivity index (χ1n) is 7.92. The third-order valence-electron chi connectivity index (χ3n) is 5.15. The predicted molar refractivity (Wildman–Crippen MR) is 78.7 cm³/mol. The summed E-state index contributed by atoms with van der Waals surface area (Å²) in [6.45, 7) is 8.87. The molecule has 3 nitrogen and oxygen atoms in total. The summed E-state index contributed by atoms with van der Waals surface area (Å²) in [6, 6.07) is 0.329. The molecule has 0 bridgehead atoms. The van der Waals surface area contributed by atoms with Crippen molar-refractivity contribution in [3.05, 3.63) is 0 Å². The molecular formula is C16H30N2O. The fourth-order valence-electron chi connectivity index (χ4n) is 3.59. The van der Waals surface area contributed by atoms with Crippen LogP contribution in [-0.2, 0) is 4.79 Å². The number of hydrogen-bond acceptors (Lipinski definition) is 2. The summed E-state index contributed by atoms with van der Waals surface area (Å²) < 4.78 is 0. The molecule has 1 saturated heterocycles. The maximum atomic E-state index is 12.5. The molecule has 2 aliphatic rings. The summed E-state index contributed by atoms with van der Waals surface area (Å²) in [4.78, 5) is 14.6. The Morgan fingerprint density at radius 3 is 2.00 bits per heavy atom. The number of likely N-dealkylation sites (tertiary alicyclic amines) is 1. The highest BCUT2D eigenvalue weighted by Gasteiger charge is 2.33. The van der Waals surface area contributed by atoms with Gasteiger partial charge in [-0.25, -0.2) is 0 Å². The highest BCUT2D eigenvalue weighted by molar-refractivity contribution is 5.79. The van der Waals surface area contributed by atoms with Crippen molar-refractivity contribution in [3.8, 4) is 0 Å².